The zero-order chi connectivity index (χ0) is 9.70. The minimum atomic E-state index is -0.968. The molecule has 0 radical (unpaired) electrons. The SMILES string of the molecule is CC#N.CC#N.NCC(=O)O. The Labute approximate surface area is 65.7 Å². The Morgan fingerprint density at radius 3 is 1.55 bits per heavy atom. The molecule has 3 N–H and O–H groups in total. The lowest BCUT2D eigenvalue weighted by molar-refractivity contribution is -0.135. The van der Waals surface area contributed by atoms with E-state index in [1.807, 2.05) is 0 Å². The van der Waals surface area contributed by atoms with Crippen molar-refractivity contribution in [3.8, 4) is 12.1 Å². The van der Waals surface area contributed by atoms with E-state index in [1.165, 1.54) is 13.8 Å². The van der Waals surface area contributed by atoms with Gasteiger partial charge in [0.15, 0.2) is 0 Å². The third kappa shape index (κ3) is 2060. The molecule has 0 aliphatic carbocycles. The van der Waals surface area contributed by atoms with Crippen LogP contribution < -0.4 is 5.73 Å². The summed E-state index contributed by atoms with van der Waals surface area (Å²) >= 11 is 0. The highest BCUT2D eigenvalue weighted by Gasteiger charge is 1.81. The first-order chi connectivity index (χ1) is 5.10. The molecule has 0 aromatic carbocycles. The van der Waals surface area contributed by atoms with Crippen molar-refractivity contribution in [3.63, 3.8) is 0 Å². The van der Waals surface area contributed by atoms with Crippen molar-refractivity contribution < 1.29 is 9.90 Å². The molecular weight excluding hydrogens is 146 g/mol. The summed E-state index contributed by atoms with van der Waals surface area (Å²) in [7, 11) is 0. The van der Waals surface area contributed by atoms with E-state index in [-0.39, 0.29) is 6.54 Å². The van der Waals surface area contributed by atoms with Crippen molar-refractivity contribution in [1.82, 2.24) is 0 Å². The summed E-state index contributed by atoms with van der Waals surface area (Å²) in [6.45, 7) is 2.58. The van der Waals surface area contributed by atoms with E-state index in [0.29, 0.717) is 0 Å². The first-order valence-electron chi connectivity index (χ1n) is 2.64. The van der Waals surface area contributed by atoms with E-state index in [0.717, 1.165) is 0 Å². The number of nitrogens with two attached hydrogens (primary N) is 1. The van der Waals surface area contributed by atoms with E-state index in [2.05, 4.69) is 5.73 Å². The van der Waals surface area contributed by atoms with Gasteiger partial charge in [-0.15, -0.1) is 0 Å². The Bertz CT molecular complexity index is 142. The molecule has 0 unspecified atom stereocenters. The van der Waals surface area contributed by atoms with E-state index in [9.17, 15) is 4.79 Å². The molecule has 0 saturated carbocycles. The monoisotopic (exact) mass is 157 g/mol. The lowest BCUT2D eigenvalue weighted by atomic mass is 10.7. The summed E-state index contributed by atoms with van der Waals surface area (Å²) < 4.78 is 0. The third-order valence-corrected chi connectivity index (χ3v) is 0.175. The number of rotatable bonds is 1. The lowest BCUT2D eigenvalue weighted by Gasteiger charge is -1.73. The Morgan fingerprint density at radius 2 is 1.55 bits per heavy atom. The lowest BCUT2D eigenvalue weighted by Crippen LogP contribution is -2.10. The third-order valence-electron chi connectivity index (χ3n) is 0.175. The maximum atomic E-state index is 9.24. The summed E-state index contributed by atoms with van der Waals surface area (Å²) in [5.41, 5.74) is 4.57. The highest BCUT2D eigenvalue weighted by molar-refractivity contribution is 5.68. The molecule has 62 valence electrons. The molecule has 0 fully saturated rings. The highest BCUT2D eigenvalue weighted by Crippen LogP contribution is 1.43. The van der Waals surface area contributed by atoms with Gasteiger partial charge in [0.2, 0.25) is 0 Å². The molecule has 0 rings (SSSR count). The fourth-order valence-corrected chi connectivity index (χ4v) is 0. The Morgan fingerprint density at radius 1 is 1.45 bits per heavy atom. The van der Waals surface area contributed by atoms with Crippen LogP contribution in [0.2, 0.25) is 0 Å². The van der Waals surface area contributed by atoms with Crippen LogP contribution in [0.3, 0.4) is 0 Å². The van der Waals surface area contributed by atoms with Crippen LogP contribution in [0.1, 0.15) is 13.8 Å². The highest BCUT2D eigenvalue weighted by atomic mass is 16.4. The van der Waals surface area contributed by atoms with Crippen molar-refractivity contribution >= 4 is 5.97 Å². The molecule has 0 heterocycles. The van der Waals surface area contributed by atoms with Gasteiger partial charge >= 0.3 is 5.97 Å². The first-order valence-corrected chi connectivity index (χ1v) is 2.64. The van der Waals surface area contributed by atoms with Gasteiger partial charge < -0.3 is 10.8 Å². The van der Waals surface area contributed by atoms with Gasteiger partial charge in [-0.1, -0.05) is 0 Å². The maximum Gasteiger partial charge on any atom is 0.317 e. The van der Waals surface area contributed by atoms with E-state index >= 15 is 0 Å². The molecular formula is C6H11N3O2. The molecule has 0 saturated heterocycles. The van der Waals surface area contributed by atoms with Gasteiger partial charge in [-0.2, -0.15) is 10.5 Å². The van der Waals surface area contributed by atoms with Crippen LogP contribution in [0, 0.1) is 22.7 Å². The number of aliphatic carboxylic acids is 1. The summed E-state index contributed by atoms with van der Waals surface area (Å²) in [5.74, 6) is -0.968. The van der Waals surface area contributed by atoms with E-state index < -0.39 is 5.97 Å². The van der Waals surface area contributed by atoms with Crippen LogP contribution >= 0.6 is 0 Å². The Balaban J connectivity index is -0.0000000933. The minimum Gasteiger partial charge on any atom is -0.480 e. The van der Waals surface area contributed by atoms with Crippen LogP contribution in [0.4, 0.5) is 0 Å². The minimum absolute atomic E-state index is 0.278. The second kappa shape index (κ2) is 23.7. The maximum absolute atomic E-state index is 9.24. The number of carboxylic acid groups (broad SMARTS) is 1. The van der Waals surface area contributed by atoms with Gasteiger partial charge in [0.05, 0.1) is 18.7 Å². The number of nitrogens with zero attached hydrogens (tertiary/aromatic N) is 2. The predicted molar refractivity (Wildman–Crippen MR) is 39.3 cm³/mol. The van der Waals surface area contributed by atoms with Crippen molar-refractivity contribution in [3.05, 3.63) is 0 Å². The van der Waals surface area contributed by atoms with E-state index in [1.54, 1.807) is 12.1 Å². The zero-order valence-corrected chi connectivity index (χ0v) is 6.53. The van der Waals surface area contributed by atoms with Crippen molar-refractivity contribution in [2.24, 2.45) is 5.73 Å². The number of hydrogen-bond donors (Lipinski definition) is 2. The number of carboxylic acids is 1. The zero-order valence-electron chi connectivity index (χ0n) is 6.53. The van der Waals surface area contributed by atoms with Crippen LogP contribution in [-0.2, 0) is 4.79 Å². The quantitative estimate of drug-likeness (QED) is 0.560. The molecule has 0 aliphatic rings. The van der Waals surface area contributed by atoms with Gasteiger partial charge in [0.25, 0.3) is 0 Å². The number of carbonyl (C=O) groups is 1. The largest absolute Gasteiger partial charge is 0.480 e. The van der Waals surface area contributed by atoms with Crippen LogP contribution in [0.25, 0.3) is 0 Å². The second-order valence-corrected chi connectivity index (χ2v) is 1.05. The number of nitriles is 2. The molecule has 5 heteroatoms. The standard InChI is InChI=1S/C2H5NO2.2C2H3N/c3-1-2(4)5;2*1-2-3/h1,3H2,(H,4,5);2*1H3. The molecule has 0 spiro atoms. The molecule has 11 heavy (non-hydrogen) atoms. The second-order valence-electron chi connectivity index (χ2n) is 1.05. The van der Waals surface area contributed by atoms with Crippen LogP contribution in [-0.4, -0.2) is 17.6 Å². The van der Waals surface area contributed by atoms with Gasteiger partial charge in [-0.25, -0.2) is 0 Å². The summed E-state index contributed by atoms with van der Waals surface area (Å²) in [6, 6.07) is 3.50. The van der Waals surface area contributed by atoms with Gasteiger partial charge in [0.1, 0.15) is 0 Å². The van der Waals surface area contributed by atoms with Crippen LogP contribution in [0.5, 0.6) is 0 Å². The van der Waals surface area contributed by atoms with E-state index in [4.69, 9.17) is 15.6 Å². The molecule has 0 aromatic heterocycles. The number of hydrogen-bond acceptors (Lipinski definition) is 4. The van der Waals surface area contributed by atoms with Gasteiger partial charge in [0, 0.05) is 13.8 Å². The molecule has 0 bridgehead atoms. The first kappa shape index (κ1) is 16.2. The van der Waals surface area contributed by atoms with Crippen molar-refractivity contribution in [1.29, 1.82) is 10.5 Å². The summed E-state index contributed by atoms with van der Waals surface area (Å²) in [4.78, 5) is 9.24. The normalized spacial score (nSPS) is 4.82. The molecule has 0 aromatic rings. The average molecular weight is 157 g/mol. The summed E-state index contributed by atoms with van der Waals surface area (Å²) in [5, 5.41) is 22.2. The molecule has 0 aliphatic heterocycles. The van der Waals surface area contributed by atoms with Gasteiger partial charge in [-0.05, 0) is 0 Å². The van der Waals surface area contributed by atoms with Crippen LogP contribution in [0.15, 0.2) is 0 Å². The molecule has 0 atom stereocenters. The smallest absolute Gasteiger partial charge is 0.317 e. The fraction of sp³-hybridized carbons (Fsp3) is 0.500. The predicted octanol–water partition coefficient (Wildman–Crippen LogP) is 0.0895. The Kier molecular flexibility index (Phi) is 35.0. The average Bonchev–Trinajstić information content (AvgIpc) is 1.91. The van der Waals surface area contributed by atoms with Crippen molar-refractivity contribution in [2.45, 2.75) is 13.8 Å². The molecule has 0 amide bonds. The topological polar surface area (TPSA) is 111 Å². The fourth-order valence-electron chi connectivity index (χ4n) is 0. The summed E-state index contributed by atoms with van der Waals surface area (Å²) in [6.07, 6.45) is 0. The Hall–Kier alpha value is -1.59. The van der Waals surface area contributed by atoms with Crippen molar-refractivity contribution in [2.75, 3.05) is 6.54 Å². The van der Waals surface area contributed by atoms with Gasteiger partial charge in [-0.3, -0.25) is 4.79 Å². The molecule has 5 nitrogen and oxygen atoms in total.